The van der Waals surface area contributed by atoms with Crippen molar-refractivity contribution < 1.29 is 5.11 Å². The molecule has 0 spiro atoms. The molecule has 3 atom stereocenters. The molecule has 0 aromatic heterocycles. The minimum absolute atomic E-state index is 0.368. The monoisotopic (exact) mass is 196 g/mol. The number of aliphatic hydroxyl groups is 1. The van der Waals surface area contributed by atoms with E-state index in [1.54, 1.807) is 0 Å². The van der Waals surface area contributed by atoms with Gasteiger partial charge in [0, 0.05) is 18.1 Å². The van der Waals surface area contributed by atoms with Crippen molar-refractivity contribution in [3.05, 3.63) is 0 Å². The van der Waals surface area contributed by atoms with E-state index in [9.17, 15) is 5.11 Å². The van der Waals surface area contributed by atoms with Gasteiger partial charge in [-0.2, -0.15) is 0 Å². The van der Waals surface area contributed by atoms with Crippen molar-refractivity contribution in [2.75, 3.05) is 6.54 Å². The molecular formula is C11H20N2O. The summed E-state index contributed by atoms with van der Waals surface area (Å²) in [6.07, 6.45) is 6.84. The van der Waals surface area contributed by atoms with E-state index in [0.717, 1.165) is 25.8 Å². The first-order valence-corrected chi connectivity index (χ1v) is 5.98. The Morgan fingerprint density at radius 2 is 1.79 bits per heavy atom. The molecule has 80 valence electrons. The van der Waals surface area contributed by atoms with Crippen LogP contribution in [-0.2, 0) is 0 Å². The van der Waals surface area contributed by atoms with Gasteiger partial charge in [-0.05, 0) is 45.1 Å². The molecule has 0 amide bonds. The third-order valence-corrected chi connectivity index (χ3v) is 4.24. The maximum atomic E-state index is 10.6. The number of piperidine rings is 1. The molecule has 3 fully saturated rings. The molecule has 14 heavy (non-hydrogen) atoms. The molecule has 3 N–H and O–H groups in total. The lowest BCUT2D eigenvalue weighted by Crippen LogP contribution is -2.57. The molecule has 3 aliphatic rings. The highest BCUT2D eigenvalue weighted by atomic mass is 16.3. The predicted molar refractivity (Wildman–Crippen MR) is 55.2 cm³/mol. The third-order valence-electron chi connectivity index (χ3n) is 4.24. The van der Waals surface area contributed by atoms with Gasteiger partial charge in [-0.3, -0.25) is 0 Å². The average molecular weight is 196 g/mol. The van der Waals surface area contributed by atoms with Crippen LogP contribution in [0.4, 0.5) is 0 Å². The van der Waals surface area contributed by atoms with Crippen LogP contribution in [0.15, 0.2) is 0 Å². The van der Waals surface area contributed by atoms with Gasteiger partial charge >= 0.3 is 0 Å². The summed E-state index contributed by atoms with van der Waals surface area (Å²) in [6.45, 7) is 1.09. The van der Waals surface area contributed by atoms with Gasteiger partial charge in [-0.25, -0.2) is 0 Å². The molecule has 3 nitrogen and oxygen atoms in total. The fourth-order valence-electron chi connectivity index (χ4n) is 3.59. The van der Waals surface area contributed by atoms with E-state index in [4.69, 9.17) is 0 Å². The molecule has 3 aliphatic heterocycles. The van der Waals surface area contributed by atoms with Crippen LogP contribution in [0.25, 0.3) is 0 Å². The number of hydrogen-bond donors (Lipinski definition) is 3. The van der Waals surface area contributed by atoms with Crippen molar-refractivity contribution in [3.63, 3.8) is 0 Å². The zero-order valence-corrected chi connectivity index (χ0v) is 8.63. The standard InChI is InChI=1S/C11H20N2O/c14-11(10-2-1-5-12-10)6-8-3-4-9(7-11)13-8/h8-10,12-14H,1-7H2. The fourth-order valence-corrected chi connectivity index (χ4v) is 3.59. The van der Waals surface area contributed by atoms with Crippen LogP contribution in [-0.4, -0.2) is 35.4 Å². The van der Waals surface area contributed by atoms with Crippen molar-refractivity contribution >= 4 is 0 Å². The summed E-state index contributed by atoms with van der Waals surface area (Å²) in [5.41, 5.74) is -0.409. The van der Waals surface area contributed by atoms with Crippen LogP contribution in [0.3, 0.4) is 0 Å². The molecule has 3 unspecified atom stereocenters. The van der Waals surface area contributed by atoms with E-state index >= 15 is 0 Å². The van der Waals surface area contributed by atoms with Crippen LogP contribution in [0, 0.1) is 0 Å². The molecule has 3 heterocycles. The third kappa shape index (κ3) is 1.38. The summed E-state index contributed by atoms with van der Waals surface area (Å²) in [5, 5.41) is 17.7. The van der Waals surface area contributed by atoms with E-state index in [2.05, 4.69) is 10.6 Å². The quantitative estimate of drug-likeness (QED) is 0.568. The largest absolute Gasteiger partial charge is 0.388 e. The first-order chi connectivity index (χ1) is 6.76. The van der Waals surface area contributed by atoms with Gasteiger partial charge in [0.05, 0.1) is 5.60 Å². The van der Waals surface area contributed by atoms with E-state index in [1.165, 1.54) is 19.3 Å². The van der Waals surface area contributed by atoms with Crippen LogP contribution in [0.5, 0.6) is 0 Å². The fraction of sp³-hybridized carbons (Fsp3) is 1.00. The summed E-state index contributed by atoms with van der Waals surface area (Å²) < 4.78 is 0. The Morgan fingerprint density at radius 1 is 1.07 bits per heavy atom. The van der Waals surface area contributed by atoms with Crippen molar-refractivity contribution in [2.45, 2.75) is 62.3 Å². The second-order valence-electron chi connectivity index (χ2n) is 5.30. The molecule has 3 saturated heterocycles. The normalized spacial score (nSPS) is 52.5. The van der Waals surface area contributed by atoms with Gasteiger partial charge < -0.3 is 15.7 Å². The maximum Gasteiger partial charge on any atom is 0.0829 e. The predicted octanol–water partition coefficient (Wildman–Crippen LogP) is 0.384. The van der Waals surface area contributed by atoms with Crippen molar-refractivity contribution in [3.8, 4) is 0 Å². The van der Waals surface area contributed by atoms with Crippen LogP contribution >= 0.6 is 0 Å². The minimum Gasteiger partial charge on any atom is -0.388 e. The number of fused-ring (bicyclic) bond motifs is 2. The van der Waals surface area contributed by atoms with Crippen LogP contribution in [0.2, 0.25) is 0 Å². The molecule has 0 aliphatic carbocycles. The Kier molecular flexibility index (Phi) is 2.08. The molecule has 0 radical (unpaired) electrons. The topological polar surface area (TPSA) is 44.3 Å². The Morgan fingerprint density at radius 3 is 2.36 bits per heavy atom. The van der Waals surface area contributed by atoms with Crippen molar-refractivity contribution in [2.24, 2.45) is 0 Å². The van der Waals surface area contributed by atoms with E-state index in [0.29, 0.717) is 18.1 Å². The second-order valence-corrected chi connectivity index (χ2v) is 5.30. The SMILES string of the molecule is OC1(C2CCCN2)CC2CCC(C1)N2. The second kappa shape index (κ2) is 3.19. The summed E-state index contributed by atoms with van der Waals surface area (Å²) in [5.74, 6) is 0. The van der Waals surface area contributed by atoms with Gasteiger partial charge in [-0.15, -0.1) is 0 Å². The van der Waals surface area contributed by atoms with Gasteiger partial charge in [0.25, 0.3) is 0 Å². The first-order valence-electron chi connectivity index (χ1n) is 5.98. The average Bonchev–Trinajstić information content (AvgIpc) is 2.75. The smallest absolute Gasteiger partial charge is 0.0829 e. The number of rotatable bonds is 1. The van der Waals surface area contributed by atoms with Gasteiger partial charge in [0.15, 0.2) is 0 Å². The molecule has 0 aromatic carbocycles. The molecule has 3 rings (SSSR count). The van der Waals surface area contributed by atoms with Crippen molar-refractivity contribution in [1.29, 1.82) is 0 Å². The molecule has 3 heteroatoms. The Labute approximate surface area is 85.3 Å². The molecule has 0 saturated carbocycles. The van der Waals surface area contributed by atoms with Crippen molar-refractivity contribution in [1.82, 2.24) is 10.6 Å². The van der Waals surface area contributed by atoms with Gasteiger partial charge in [0.2, 0.25) is 0 Å². The van der Waals surface area contributed by atoms with Crippen LogP contribution < -0.4 is 10.6 Å². The van der Waals surface area contributed by atoms with Crippen LogP contribution in [0.1, 0.15) is 38.5 Å². The lowest BCUT2D eigenvalue weighted by molar-refractivity contribution is -0.0341. The van der Waals surface area contributed by atoms with E-state index in [-0.39, 0.29) is 0 Å². The zero-order chi connectivity index (χ0) is 9.60. The Bertz CT molecular complexity index is 213. The number of hydrogen-bond acceptors (Lipinski definition) is 3. The van der Waals surface area contributed by atoms with E-state index in [1.807, 2.05) is 0 Å². The molecule has 2 bridgehead atoms. The Hall–Kier alpha value is -0.120. The summed E-state index contributed by atoms with van der Waals surface area (Å²) in [6, 6.07) is 1.54. The highest BCUT2D eigenvalue weighted by molar-refractivity contribution is 5.06. The lowest BCUT2D eigenvalue weighted by atomic mass is 9.81. The minimum atomic E-state index is -0.409. The highest BCUT2D eigenvalue weighted by Crippen LogP contribution is 2.38. The molecule has 0 aromatic rings. The summed E-state index contributed by atoms with van der Waals surface area (Å²) in [7, 11) is 0. The summed E-state index contributed by atoms with van der Waals surface area (Å²) in [4.78, 5) is 0. The van der Waals surface area contributed by atoms with Gasteiger partial charge in [-0.1, -0.05) is 0 Å². The van der Waals surface area contributed by atoms with Gasteiger partial charge in [0.1, 0.15) is 0 Å². The molecular weight excluding hydrogens is 176 g/mol. The number of nitrogens with one attached hydrogen (secondary N) is 2. The van der Waals surface area contributed by atoms with E-state index < -0.39 is 5.60 Å². The Balaban J connectivity index is 1.75. The zero-order valence-electron chi connectivity index (χ0n) is 8.63. The summed E-state index contributed by atoms with van der Waals surface area (Å²) >= 11 is 0. The maximum absolute atomic E-state index is 10.6. The first kappa shape index (κ1) is 9.13. The lowest BCUT2D eigenvalue weighted by Gasteiger charge is -2.41. The highest BCUT2D eigenvalue weighted by Gasteiger charge is 2.47.